The smallest absolute Gasteiger partial charge is 0.250 e. The molecule has 2 aromatic rings. The van der Waals surface area contributed by atoms with Crippen molar-refractivity contribution in [1.82, 2.24) is 9.47 Å². The summed E-state index contributed by atoms with van der Waals surface area (Å²) in [4.78, 5) is 14.1. The average Bonchev–Trinajstić information content (AvgIpc) is 2.94. The van der Waals surface area contributed by atoms with Crippen molar-refractivity contribution in [3.05, 3.63) is 69.6 Å². The van der Waals surface area contributed by atoms with E-state index in [2.05, 4.69) is 35.1 Å². The van der Waals surface area contributed by atoms with Gasteiger partial charge in [-0.1, -0.05) is 30.2 Å². The second-order valence-corrected chi connectivity index (χ2v) is 5.85. The Labute approximate surface area is 131 Å². The lowest BCUT2D eigenvalue weighted by Crippen LogP contribution is -2.28. The highest BCUT2D eigenvalue weighted by Gasteiger charge is 2.27. The van der Waals surface area contributed by atoms with Gasteiger partial charge in [0.1, 0.15) is 0 Å². The van der Waals surface area contributed by atoms with Crippen LogP contribution >= 0.6 is 0 Å². The van der Waals surface area contributed by atoms with Crippen LogP contribution in [0.15, 0.2) is 47.4 Å². The third-order valence-electron chi connectivity index (χ3n) is 4.39. The maximum Gasteiger partial charge on any atom is 0.250 e. The van der Waals surface area contributed by atoms with Gasteiger partial charge in [-0.05, 0) is 35.6 Å². The van der Waals surface area contributed by atoms with Gasteiger partial charge in [0.2, 0.25) is 0 Å². The molecule has 0 N–H and O–H groups in total. The van der Waals surface area contributed by atoms with Crippen molar-refractivity contribution in [2.45, 2.75) is 25.4 Å². The molecule has 3 nitrogen and oxygen atoms in total. The predicted molar refractivity (Wildman–Crippen MR) is 88.4 cm³/mol. The molecule has 1 aromatic heterocycles. The summed E-state index contributed by atoms with van der Waals surface area (Å²) in [7, 11) is 1.76. The van der Waals surface area contributed by atoms with E-state index in [0.717, 1.165) is 18.4 Å². The minimum atomic E-state index is 0.0185. The van der Waals surface area contributed by atoms with Gasteiger partial charge < -0.3 is 4.57 Å². The summed E-state index contributed by atoms with van der Waals surface area (Å²) in [6.45, 7) is 1.30. The Balaban J connectivity index is 1.86. The summed E-state index contributed by atoms with van der Waals surface area (Å²) in [6.07, 6.45) is 9.57. The van der Waals surface area contributed by atoms with Crippen LogP contribution in [0.2, 0.25) is 0 Å². The number of aromatic nitrogens is 1. The Morgan fingerprint density at radius 1 is 1.36 bits per heavy atom. The summed E-state index contributed by atoms with van der Waals surface area (Å²) in [5, 5.41) is 0. The van der Waals surface area contributed by atoms with Crippen LogP contribution in [-0.2, 0) is 20.0 Å². The molecule has 0 amide bonds. The van der Waals surface area contributed by atoms with E-state index in [0.29, 0.717) is 19.1 Å². The summed E-state index contributed by atoms with van der Waals surface area (Å²) >= 11 is 0. The fourth-order valence-electron chi connectivity index (χ4n) is 3.23. The Morgan fingerprint density at radius 2 is 2.18 bits per heavy atom. The highest BCUT2D eigenvalue weighted by molar-refractivity contribution is 5.34. The number of aryl methyl sites for hydroxylation is 2. The highest BCUT2D eigenvalue weighted by atomic mass is 16.1. The Bertz CT molecular complexity index is 769. The number of rotatable bonds is 4. The predicted octanol–water partition coefficient (Wildman–Crippen LogP) is 2.51. The van der Waals surface area contributed by atoms with Gasteiger partial charge in [-0.3, -0.25) is 9.69 Å². The highest BCUT2D eigenvalue weighted by Crippen LogP contribution is 2.36. The first-order valence-electron chi connectivity index (χ1n) is 7.60. The van der Waals surface area contributed by atoms with Crippen LogP contribution in [0.5, 0.6) is 0 Å². The van der Waals surface area contributed by atoms with E-state index in [1.165, 1.54) is 11.1 Å². The average molecular weight is 292 g/mol. The van der Waals surface area contributed by atoms with Crippen molar-refractivity contribution in [3.8, 4) is 12.3 Å². The number of benzene rings is 1. The second-order valence-electron chi connectivity index (χ2n) is 5.85. The molecule has 3 heteroatoms. The van der Waals surface area contributed by atoms with E-state index in [4.69, 9.17) is 6.42 Å². The van der Waals surface area contributed by atoms with E-state index in [1.54, 1.807) is 17.7 Å². The Kier molecular flexibility index (Phi) is 4.13. The molecule has 0 aliphatic heterocycles. The monoisotopic (exact) mass is 292 g/mol. The summed E-state index contributed by atoms with van der Waals surface area (Å²) < 4.78 is 1.58. The van der Waals surface area contributed by atoms with Crippen LogP contribution < -0.4 is 5.56 Å². The lowest BCUT2D eigenvalue weighted by Gasteiger charge is -2.28. The lowest BCUT2D eigenvalue weighted by molar-refractivity contribution is 0.213. The number of hydrogen-bond donors (Lipinski definition) is 0. The quantitative estimate of drug-likeness (QED) is 0.809. The van der Waals surface area contributed by atoms with E-state index < -0.39 is 0 Å². The van der Waals surface area contributed by atoms with E-state index in [9.17, 15) is 4.79 Å². The molecule has 0 radical (unpaired) electrons. The molecule has 0 saturated carbocycles. The summed E-state index contributed by atoms with van der Waals surface area (Å²) in [5.74, 6) is 2.76. The topological polar surface area (TPSA) is 25.2 Å². The summed E-state index contributed by atoms with van der Waals surface area (Å²) in [5.41, 5.74) is 3.83. The molecule has 112 valence electrons. The molecule has 1 heterocycles. The van der Waals surface area contributed by atoms with Crippen LogP contribution in [0, 0.1) is 12.3 Å². The largest absolute Gasteiger partial charge is 0.319 e. The molecular formula is C19H20N2O. The number of pyridine rings is 1. The molecule has 3 rings (SSSR count). The van der Waals surface area contributed by atoms with Gasteiger partial charge in [-0.25, -0.2) is 0 Å². The van der Waals surface area contributed by atoms with Gasteiger partial charge in [0, 0.05) is 31.9 Å². The molecule has 1 aliphatic rings. The van der Waals surface area contributed by atoms with E-state index in [-0.39, 0.29) is 5.56 Å². The molecule has 0 spiro atoms. The molecule has 0 bridgehead atoms. The maximum atomic E-state index is 11.8. The van der Waals surface area contributed by atoms with Gasteiger partial charge in [0.25, 0.3) is 5.56 Å². The van der Waals surface area contributed by atoms with Crippen LogP contribution in [-0.4, -0.2) is 16.0 Å². The SMILES string of the molecule is C#CCN(Cc1ccn(C)c(=O)c1)[C@@H]1CCc2ccccc21. The van der Waals surface area contributed by atoms with Crippen LogP contribution in [0.3, 0.4) is 0 Å². The van der Waals surface area contributed by atoms with Crippen molar-refractivity contribution >= 4 is 0 Å². The van der Waals surface area contributed by atoms with Gasteiger partial charge in [0.05, 0.1) is 6.54 Å². The van der Waals surface area contributed by atoms with Crippen LogP contribution in [0.25, 0.3) is 0 Å². The van der Waals surface area contributed by atoms with Crippen molar-refractivity contribution in [2.75, 3.05) is 6.54 Å². The Hall–Kier alpha value is -2.31. The summed E-state index contributed by atoms with van der Waals surface area (Å²) in [6, 6.07) is 12.6. The number of hydrogen-bond acceptors (Lipinski definition) is 2. The third kappa shape index (κ3) is 2.84. The van der Waals surface area contributed by atoms with Crippen molar-refractivity contribution < 1.29 is 0 Å². The normalized spacial score (nSPS) is 16.5. The van der Waals surface area contributed by atoms with Crippen molar-refractivity contribution in [1.29, 1.82) is 0 Å². The third-order valence-corrected chi connectivity index (χ3v) is 4.39. The van der Waals surface area contributed by atoms with Crippen molar-refractivity contribution in [2.24, 2.45) is 7.05 Å². The van der Waals surface area contributed by atoms with Gasteiger partial charge in [0.15, 0.2) is 0 Å². The van der Waals surface area contributed by atoms with Gasteiger partial charge in [-0.2, -0.15) is 0 Å². The zero-order chi connectivity index (χ0) is 15.5. The molecule has 1 atom stereocenters. The van der Waals surface area contributed by atoms with Crippen molar-refractivity contribution in [3.63, 3.8) is 0 Å². The zero-order valence-corrected chi connectivity index (χ0v) is 12.8. The second kappa shape index (κ2) is 6.21. The molecule has 1 aliphatic carbocycles. The fraction of sp³-hybridized carbons (Fsp3) is 0.316. The van der Waals surface area contributed by atoms with E-state index >= 15 is 0 Å². The van der Waals surface area contributed by atoms with Crippen LogP contribution in [0.1, 0.15) is 29.2 Å². The lowest BCUT2D eigenvalue weighted by atomic mass is 10.1. The first-order chi connectivity index (χ1) is 10.7. The molecular weight excluding hydrogens is 272 g/mol. The molecule has 22 heavy (non-hydrogen) atoms. The Morgan fingerprint density at radius 3 is 2.95 bits per heavy atom. The molecule has 0 unspecified atom stereocenters. The minimum Gasteiger partial charge on any atom is -0.319 e. The van der Waals surface area contributed by atoms with Gasteiger partial charge in [-0.15, -0.1) is 6.42 Å². The zero-order valence-electron chi connectivity index (χ0n) is 12.8. The molecule has 0 saturated heterocycles. The fourth-order valence-corrected chi connectivity index (χ4v) is 3.23. The number of nitrogens with zero attached hydrogens (tertiary/aromatic N) is 2. The van der Waals surface area contributed by atoms with Crippen LogP contribution in [0.4, 0.5) is 0 Å². The minimum absolute atomic E-state index is 0.0185. The number of terminal acetylenes is 1. The first-order valence-corrected chi connectivity index (χ1v) is 7.60. The number of fused-ring (bicyclic) bond motifs is 1. The maximum absolute atomic E-state index is 11.8. The first kappa shape index (κ1) is 14.6. The standard InChI is InChI=1S/C19H20N2O/c1-3-11-21(14-15-10-12-20(2)19(22)13-15)18-9-8-16-6-4-5-7-17(16)18/h1,4-7,10,12-13,18H,8-9,11,14H2,2H3/t18-/m1/s1. The molecule has 0 fully saturated rings. The molecule has 1 aromatic carbocycles. The van der Waals surface area contributed by atoms with E-state index in [1.807, 2.05) is 12.3 Å². The van der Waals surface area contributed by atoms with Gasteiger partial charge >= 0.3 is 0 Å².